The molecular formula is C18H20N2O2S. The Labute approximate surface area is 140 Å². The van der Waals surface area contributed by atoms with Gasteiger partial charge in [0.05, 0.1) is 6.42 Å². The number of benzene rings is 1. The number of carbonyl (C=O) groups excluding carboxylic acids is 2. The monoisotopic (exact) mass is 328 g/mol. The first-order valence-corrected chi connectivity index (χ1v) is 8.62. The molecule has 1 atom stereocenters. The first-order chi connectivity index (χ1) is 11.0. The summed E-state index contributed by atoms with van der Waals surface area (Å²) < 4.78 is 0. The van der Waals surface area contributed by atoms with Gasteiger partial charge in [0.2, 0.25) is 11.8 Å². The topological polar surface area (TPSA) is 49.4 Å². The van der Waals surface area contributed by atoms with Gasteiger partial charge in [0.1, 0.15) is 6.04 Å². The molecule has 1 N–H and O–H groups in total. The standard InChI is InChI=1S/C18H20N2O2S/c1-12-8-13(2)10-14(9-12)20-6-5-16(18(20)22)19-17(21)11-15-4-3-7-23-15/h3-4,7-10,16H,5-6,11H2,1-2H3,(H,19,21)/t16-/m0/s1. The second kappa shape index (κ2) is 6.54. The average Bonchev–Trinajstić information content (AvgIpc) is 3.09. The fourth-order valence-electron chi connectivity index (χ4n) is 2.99. The van der Waals surface area contributed by atoms with Crippen molar-refractivity contribution >= 4 is 28.8 Å². The van der Waals surface area contributed by atoms with Gasteiger partial charge in [0.15, 0.2) is 0 Å². The van der Waals surface area contributed by atoms with Crippen molar-refractivity contribution in [2.75, 3.05) is 11.4 Å². The minimum Gasteiger partial charge on any atom is -0.344 e. The van der Waals surface area contributed by atoms with Crippen LogP contribution in [0.4, 0.5) is 5.69 Å². The number of anilines is 1. The number of amides is 2. The first kappa shape index (κ1) is 15.7. The van der Waals surface area contributed by atoms with Gasteiger partial charge in [0.25, 0.3) is 0 Å². The molecule has 0 saturated carbocycles. The molecule has 23 heavy (non-hydrogen) atoms. The van der Waals surface area contributed by atoms with Crippen LogP contribution in [0.1, 0.15) is 22.4 Å². The Balaban J connectivity index is 1.65. The van der Waals surface area contributed by atoms with Gasteiger partial charge >= 0.3 is 0 Å². The highest BCUT2D eigenvalue weighted by molar-refractivity contribution is 7.10. The zero-order valence-electron chi connectivity index (χ0n) is 13.3. The van der Waals surface area contributed by atoms with Crippen LogP contribution in [0.2, 0.25) is 0 Å². The maximum absolute atomic E-state index is 12.6. The number of hydrogen-bond acceptors (Lipinski definition) is 3. The molecule has 1 fully saturated rings. The summed E-state index contributed by atoms with van der Waals surface area (Å²) in [4.78, 5) is 27.5. The third kappa shape index (κ3) is 3.62. The van der Waals surface area contributed by atoms with Gasteiger partial charge < -0.3 is 10.2 Å². The zero-order valence-corrected chi connectivity index (χ0v) is 14.2. The van der Waals surface area contributed by atoms with Gasteiger partial charge in [-0.2, -0.15) is 0 Å². The van der Waals surface area contributed by atoms with Crippen molar-refractivity contribution in [2.45, 2.75) is 32.7 Å². The fourth-order valence-corrected chi connectivity index (χ4v) is 3.70. The predicted octanol–water partition coefficient (Wildman–Crippen LogP) is 2.83. The molecule has 1 aromatic heterocycles. The largest absolute Gasteiger partial charge is 0.344 e. The second-order valence-electron chi connectivity index (χ2n) is 6.00. The SMILES string of the molecule is Cc1cc(C)cc(N2CC[C@H](NC(=O)Cc3cccs3)C2=O)c1. The summed E-state index contributed by atoms with van der Waals surface area (Å²) in [6.07, 6.45) is 0.993. The van der Waals surface area contributed by atoms with Crippen molar-refractivity contribution in [3.05, 3.63) is 51.7 Å². The Hall–Kier alpha value is -2.14. The lowest BCUT2D eigenvalue weighted by Gasteiger charge is -2.18. The number of thiophene rings is 1. The molecule has 1 saturated heterocycles. The quantitative estimate of drug-likeness (QED) is 0.938. The zero-order chi connectivity index (χ0) is 16.4. The van der Waals surface area contributed by atoms with Crippen LogP contribution in [0, 0.1) is 13.8 Å². The van der Waals surface area contributed by atoms with E-state index in [1.807, 2.05) is 43.5 Å². The van der Waals surface area contributed by atoms with E-state index in [2.05, 4.69) is 11.4 Å². The Bertz CT molecular complexity index is 704. The van der Waals surface area contributed by atoms with Crippen molar-refractivity contribution < 1.29 is 9.59 Å². The fraction of sp³-hybridized carbons (Fsp3) is 0.333. The van der Waals surface area contributed by atoms with E-state index >= 15 is 0 Å². The van der Waals surface area contributed by atoms with Gasteiger partial charge in [-0.15, -0.1) is 11.3 Å². The van der Waals surface area contributed by atoms with Gasteiger partial charge in [-0.3, -0.25) is 9.59 Å². The highest BCUT2D eigenvalue weighted by atomic mass is 32.1. The van der Waals surface area contributed by atoms with Crippen molar-refractivity contribution in [1.29, 1.82) is 0 Å². The summed E-state index contributed by atoms with van der Waals surface area (Å²) in [5, 5.41) is 4.82. The van der Waals surface area contributed by atoms with Crippen molar-refractivity contribution in [3.8, 4) is 0 Å². The lowest BCUT2D eigenvalue weighted by atomic mass is 10.1. The van der Waals surface area contributed by atoms with E-state index < -0.39 is 6.04 Å². The van der Waals surface area contributed by atoms with Crippen LogP contribution in [0.5, 0.6) is 0 Å². The van der Waals surface area contributed by atoms with Crippen LogP contribution in [0.3, 0.4) is 0 Å². The molecule has 0 radical (unpaired) electrons. The average molecular weight is 328 g/mol. The maximum atomic E-state index is 12.6. The highest BCUT2D eigenvalue weighted by Crippen LogP contribution is 2.24. The van der Waals surface area contributed by atoms with Crippen molar-refractivity contribution in [3.63, 3.8) is 0 Å². The lowest BCUT2D eigenvalue weighted by molar-refractivity contribution is -0.126. The second-order valence-corrected chi connectivity index (χ2v) is 7.03. The van der Waals surface area contributed by atoms with Gasteiger partial charge in [-0.25, -0.2) is 0 Å². The van der Waals surface area contributed by atoms with Crippen LogP contribution >= 0.6 is 11.3 Å². The summed E-state index contributed by atoms with van der Waals surface area (Å²) in [6.45, 7) is 4.69. The number of rotatable bonds is 4. The van der Waals surface area contributed by atoms with Crippen LogP contribution in [-0.4, -0.2) is 24.4 Å². The molecule has 5 heteroatoms. The predicted molar refractivity (Wildman–Crippen MR) is 92.8 cm³/mol. The molecular weight excluding hydrogens is 308 g/mol. The number of nitrogens with zero attached hydrogens (tertiary/aromatic N) is 1. The molecule has 2 aromatic rings. The number of hydrogen-bond donors (Lipinski definition) is 1. The van der Waals surface area contributed by atoms with Crippen LogP contribution in [-0.2, 0) is 16.0 Å². The van der Waals surface area contributed by atoms with E-state index in [0.717, 1.165) is 21.7 Å². The van der Waals surface area contributed by atoms with E-state index in [9.17, 15) is 9.59 Å². The molecule has 3 rings (SSSR count). The summed E-state index contributed by atoms with van der Waals surface area (Å²) in [5.74, 6) is -0.109. The summed E-state index contributed by atoms with van der Waals surface area (Å²) in [6, 6.07) is 9.56. The van der Waals surface area contributed by atoms with Gasteiger partial charge in [0, 0.05) is 17.1 Å². The Morgan fingerprint density at radius 3 is 2.70 bits per heavy atom. The molecule has 0 spiro atoms. The van der Waals surface area contributed by atoms with E-state index in [1.165, 1.54) is 0 Å². The van der Waals surface area contributed by atoms with Crippen molar-refractivity contribution in [2.24, 2.45) is 0 Å². The lowest BCUT2D eigenvalue weighted by Crippen LogP contribution is -2.42. The minimum atomic E-state index is -0.414. The maximum Gasteiger partial charge on any atom is 0.249 e. The molecule has 0 unspecified atom stereocenters. The Morgan fingerprint density at radius 1 is 1.30 bits per heavy atom. The molecule has 1 aromatic carbocycles. The molecule has 1 aliphatic heterocycles. The Kier molecular flexibility index (Phi) is 4.48. The van der Waals surface area contributed by atoms with E-state index in [-0.39, 0.29) is 11.8 Å². The van der Waals surface area contributed by atoms with E-state index in [0.29, 0.717) is 19.4 Å². The molecule has 4 nitrogen and oxygen atoms in total. The normalized spacial score (nSPS) is 17.6. The third-order valence-electron chi connectivity index (χ3n) is 3.97. The first-order valence-electron chi connectivity index (χ1n) is 7.74. The molecule has 2 amide bonds. The van der Waals surface area contributed by atoms with Crippen molar-refractivity contribution in [1.82, 2.24) is 5.32 Å². The highest BCUT2D eigenvalue weighted by Gasteiger charge is 2.33. The molecule has 2 heterocycles. The Morgan fingerprint density at radius 2 is 2.04 bits per heavy atom. The van der Waals surface area contributed by atoms with Gasteiger partial charge in [-0.1, -0.05) is 12.1 Å². The third-order valence-corrected chi connectivity index (χ3v) is 4.85. The molecule has 120 valence electrons. The summed E-state index contributed by atoms with van der Waals surface area (Å²) >= 11 is 1.55. The minimum absolute atomic E-state index is 0.0190. The number of carbonyl (C=O) groups is 2. The van der Waals surface area contributed by atoms with Crippen LogP contribution < -0.4 is 10.2 Å². The van der Waals surface area contributed by atoms with E-state index in [4.69, 9.17) is 0 Å². The number of nitrogens with one attached hydrogen (secondary N) is 1. The number of aryl methyl sites for hydroxylation is 2. The molecule has 1 aliphatic rings. The molecule has 0 aliphatic carbocycles. The van der Waals surface area contributed by atoms with E-state index in [1.54, 1.807) is 16.2 Å². The summed E-state index contributed by atoms with van der Waals surface area (Å²) in [5.41, 5.74) is 3.19. The van der Waals surface area contributed by atoms with Gasteiger partial charge in [-0.05, 0) is 55.0 Å². The smallest absolute Gasteiger partial charge is 0.249 e. The van der Waals surface area contributed by atoms with Crippen LogP contribution in [0.15, 0.2) is 35.7 Å². The molecule has 0 bridgehead atoms. The summed E-state index contributed by atoms with van der Waals surface area (Å²) in [7, 11) is 0. The van der Waals surface area contributed by atoms with Crippen LogP contribution in [0.25, 0.3) is 0 Å².